The molecule has 1 aliphatic rings. The van der Waals surface area contributed by atoms with Gasteiger partial charge in [0.1, 0.15) is 6.54 Å². The van der Waals surface area contributed by atoms with Gasteiger partial charge in [0.2, 0.25) is 0 Å². The van der Waals surface area contributed by atoms with Crippen LogP contribution in [0, 0.1) is 0 Å². The van der Waals surface area contributed by atoms with E-state index in [2.05, 4.69) is 5.32 Å². The molecule has 0 saturated carbocycles. The Balaban J connectivity index is 1.83. The number of nitrogens with zero attached hydrogens (tertiary/aromatic N) is 1. The van der Waals surface area contributed by atoms with Crippen LogP contribution in [0.2, 0.25) is 15.1 Å². The summed E-state index contributed by atoms with van der Waals surface area (Å²) in [7, 11) is 0. The van der Waals surface area contributed by atoms with Gasteiger partial charge in [-0.25, -0.2) is 0 Å². The maximum atomic E-state index is 11.8. The molecule has 23 heavy (non-hydrogen) atoms. The van der Waals surface area contributed by atoms with Crippen molar-refractivity contribution in [3.63, 3.8) is 0 Å². The Morgan fingerprint density at radius 3 is 2.48 bits per heavy atom. The number of esters is 1. The van der Waals surface area contributed by atoms with E-state index in [9.17, 15) is 14.4 Å². The highest BCUT2D eigenvalue weighted by atomic mass is 35.5. The van der Waals surface area contributed by atoms with Crippen molar-refractivity contribution in [3.05, 3.63) is 27.2 Å². The second kappa shape index (κ2) is 8.10. The number of anilines is 1. The molecule has 0 atom stereocenters. The van der Waals surface area contributed by atoms with Crippen molar-refractivity contribution in [1.29, 1.82) is 0 Å². The molecular formula is C13H11Cl3N2O4S. The molecule has 1 saturated heterocycles. The second-order valence-corrected chi connectivity index (χ2v) is 6.79. The second-order valence-electron chi connectivity index (χ2n) is 4.49. The van der Waals surface area contributed by atoms with Crippen LogP contribution in [0.25, 0.3) is 0 Å². The summed E-state index contributed by atoms with van der Waals surface area (Å²) in [4.78, 5) is 36.1. The Kier molecular flexibility index (Phi) is 6.41. The molecule has 124 valence electrons. The number of benzene rings is 1. The molecule has 2 rings (SSSR count). The fourth-order valence-electron chi connectivity index (χ4n) is 1.75. The molecule has 10 heteroatoms. The zero-order valence-corrected chi connectivity index (χ0v) is 14.7. The highest BCUT2D eigenvalue weighted by Crippen LogP contribution is 2.33. The number of carbonyl (C=O) groups excluding carboxylic acids is 3. The van der Waals surface area contributed by atoms with E-state index in [1.807, 2.05) is 0 Å². The van der Waals surface area contributed by atoms with E-state index in [1.54, 1.807) is 0 Å². The maximum absolute atomic E-state index is 11.8. The molecule has 0 unspecified atom stereocenters. The normalized spacial score (nSPS) is 14.0. The van der Waals surface area contributed by atoms with E-state index in [0.29, 0.717) is 17.3 Å². The van der Waals surface area contributed by atoms with E-state index in [-0.39, 0.29) is 27.5 Å². The van der Waals surface area contributed by atoms with Gasteiger partial charge in [-0.05, 0) is 12.1 Å². The van der Waals surface area contributed by atoms with Gasteiger partial charge in [0.05, 0.1) is 15.7 Å². The predicted molar refractivity (Wildman–Crippen MR) is 90.5 cm³/mol. The van der Waals surface area contributed by atoms with Gasteiger partial charge >= 0.3 is 5.97 Å². The molecule has 1 N–H and O–H groups in total. The molecule has 0 radical (unpaired) electrons. The number of halogens is 3. The monoisotopic (exact) mass is 396 g/mol. The Hall–Kier alpha value is -1.15. The molecular weight excluding hydrogens is 387 g/mol. The SMILES string of the molecule is O=C(COC(=O)CN1CCSC1=O)Nc1c(Cl)cc(Cl)cc1Cl. The molecule has 1 aromatic rings. The summed E-state index contributed by atoms with van der Waals surface area (Å²) < 4.78 is 4.82. The first-order chi connectivity index (χ1) is 10.9. The molecule has 6 nitrogen and oxygen atoms in total. The predicted octanol–water partition coefficient (Wildman–Crippen LogP) is 3.30. The molecule has 0 bridgehead atoms. The van der Waals surface area contributed by atoms with Crippen LogP contribution >= 0.6 is 46.6 Å². The first-order valence-electron chi connectivity index (χ1n) is 6.38. The van der Waals surface area contributed by atoms with Crippen molar-refractivity contribution in [2.24, 2.45) is 0 Å². The van der Waals surface area contributed by atoms with E-state index in [4.69, 9.17) is 39.5 Å². The van der Waals surface area contributed by atoms with Gasteiger partial charge in [-0.15, -0.1) is 0 Å². The number of amides is 2. The number of ether oxygens (including phenoxy) is 1. The molecule has 1 aliphatic heterocycles. The maximum Gasteiger partial charge on any atom is 0.326 e. The number of rotatable bonds is 5. The summed E-state index contributed by atoms with van der Waals surface area (Å²) in [6.07, 6.45) is 0. The largest absolute Gasteiger partial charge is 0.454 e. The Labute approximate surface area is 151 Å². The zero-order chi connectivity index (χ0) is 17.0. The Morgan fingerprint density at radius 1 is 1.26 bits per heavy atom. The lowest BCUT2D eigenvalue weighted by molar-refractivity contribution is -0.147. The van der Waals surface area contributed by atoms with Crippen LogP contribution in [-0.2, 0) is 14.3 Å². The third kappa shape index (κ3) is 5.17. The van der Waals surface area contributed by atoms with Crippen molar-refractivity contribution in [2.45, 2.75) is 0 Å². The Bertz CT molecular complexity index is 633. The third-order valence-electron chi connectivity index (χ3n) is 2.80. The summed E-state index contributed by atoms with van der Waals surface area (Å²) >= 11 is 18.8. The van der Waals surface area contributed by atoms with E-state index < -0.39 is 18.5 Å². The number of hydrogen-bond acceptors (Lipinski definition) is 5. The summed E-state index contributed by atoms with van der Waals surface area (Å²) in [5.41, 5.74) is 0.185. The van der Waals surface area contributed by atoms with Crippen molar-refractivity contribution in [1.82, 2.24) is 4.90 Å². The Morgan fingerprint density at radius 2 is 1.91 bits per heavy atom. The minimum atomic E-state index is -0.663. The fourth-order valence-corrected chi connectivity index (χ4v) is 3.49. The summed E-state index contributed by atoms with van der Waals surface area (Å²) in [6.45, 7) is -0.203. The number of nitrogens with one attached hydrogen (secondary N) is 1. The van der Waals surface area contributed by atoms with Gasteiger partial charge in [0.15, 0.2) is 6.61 Å². The number of thioether (sulfide) groups is 1. The molecule has 0 aromatic heterocycles. The average Bonchev–Trinajstić information content (AvgIpc) is 2.86. The standard InChI is InChI=1S/C13H11Cl3N2O4S/c14-7-3-8(15)12(9(16)4-7)17-10(19)6-22-11(20)5-18-1-2-23-13(18)21/h3-4H,1-2,5-6H2,(H,17,19). The van der Waals surface area contributed by atoms with Crippen molar-refractivity contribution >= 4 is 69.4 Å². The minimum Gasteiger partial charge on any atom is -0.454 e. The topological polar surface area (TPSA) is 75.7 Å². The summed E-state index contributed by atoms with van der Waals surface area (Å²) in [5.74, 6) is -0.629. The quantitative estimate of drug-likeness (QED) is 0.772. The minimum absolute atomic E-state index is 0.168. The van der Waals surface area contributed by atoms with Crippen molar-refractivity contribution in [3.8, 4) is 0 Å². The van der Waals surface area contributed by atoms with Gasteiger partial charge in [-0.2, -0.15) is 0 Å². The highest BCUT2D eigenvalue weighted by Gasteiger charge is 2.24. The van der Waals surface area contributed by atoms with Gasteiger partial charge in [0, 0.05) is 17.3 Å². The lowest BCUT2D eigenvalue weighted by atomic mass is 10.3. The van der Waals surface area contributed by atoms with Crippen LogP contribution in [0.1, 0.15) is 0 Å². The molecule has 1 aromatic carbocycles. The zero-order valence-electron chi connectivity index (χ0n) is 11.6. The molecule has 1 fully saturated rings. The van der Waals surface area contributed by atoms with Crippen LogP contribution in [-0.4, -0.2) is 47.5 Å². The van der Waals surface area contributed by atoms with Gasteiger partial charge in [0.25, 0.3) is 11.1 Å². The van der Waals surface area contributed by atoms with Crippen molar-refractivity contribution in [2.75, 3.05) is 30.8 Å². The lowest BCUT2D eigenvalue weighted by Gasteiger charge is -2.14. The van der Waals surface area contributed by atoms with Gasteiger partial charge in [-0.3, -0.25) is 14.4 Å². The summed E-state index contributed by atoms with van der Waals surface area (Å²) in [5, 5.41) is 2.93. The average molecular weight is 398 g/mol. The first kappa shape index (κ1) is 18.2. The van der Waals surface area contributed by atoms with Crippen LogP contribution in [0.4, 0.5) is 10.5 Å². The fraction of sp³-hybridized carbons (Fsp3) is 0.308. The number of hydrogen-bond donors (Lipinski definition) is 1. The lowest BCUT2D eigenvalue weighted by Crippen LogP contribution is -2.32. The van der Waals surface area contributed by atoms with Crippen LogP contribution < -0.4 is 5.32 Å². The van der Waals surface area contributed by atoms with Crippen LogP contribution in [0.3, 0.4) is 0 Å². The van der Waals surface area contributed by atoms with Gasteiger partial charge in [-0.1, -0.05) is 46.6 Å². The first-order valence-corrected chi connectivity index (χ1v) is 8.50. The van der Waals surface area contributed by atoms with Crippen LogP contribution in [0.5, 0.6) is 0 Å². The van der Waals surface area contributed by atoms with Crippen LogP contribution in [0.15, 0.2) is 12.1 Å². The van der Waals surface area contributed by atoms with E-state index in [1.165, 1.54) is 17.0 Å². The van der Waals surface area contributed by atoms with E-state index >= 15 is 0 Å². The van der Waals surface area contributed by atoms with Crippen molar-refractivity contribution < 1.29 is 19.1 Å². The third-order valence-corrected chi connectivity index (χ3v) is 4.51. The molecule has 0 aliphatic carbocycles. The molecule has 2 amide bonds. The van der Waals surface area contributed by atoms with E-state index in [0.717, 1.165) is 11.8 Å². The molecule has 1 heterocycles. The van der Waals surface area contributed by atoms with Gasteiger partial charge < -0.3 is 15.0 Å². The highest BCUT2D eigenvalue weighted by molar-refractivity contribution is 8.13. The smallest absolute Gasteiger partial charge is 0.326 e. The molecule has 0 spiro atoms. The summed E-state index contributed by atoms with van der Waals surface area (Å²) in [6, 6.07) is 2.85. The number of carbonyl (C=O) groups is 3.